The molecule has 2 aliphatic carbocycles. The number of carbonyl (C=O) groups excluding carboxylic acids is 2. The Balaban J connectivity index is 1.66. The van der Waals surface area contributed by atoms with Crippen molar-refractivity contribution in [2.24, 2.45) is 5.92 Å². The fraction of sp³-hybridized carbons (Fsp3) is 0.417. The first-order valence-electron chi connectivity index (χ1n) is 10.3. The Morgan fingerprint density at radius 2 is 1.38 bits per heavy atom. The fourth-order valence-corrected chi connectivity index (χ4v) is 5.00. The van der Waals surface area contributed by atoms with Gasteiger partial charge >= 0.3 is 5.97 Å². The Morgan fingerprint density at radius 3 is 1.97 bits per heavy atom. The molecule has 29 heavy (non-hydrogen) atoms. The normalized spacial score (nSPS) is 25.2. The second kappa shape index (κ2) is 8.89. The van der Waals surface area contributed by atoms with Crippen LogP contribution in [-0.2, 0) is 14.3 Å². The molecular weight excluding hydrogens is 407 g/mol. The summed E-state index contributed by atoms with van der Waals surface area (Å²) in [5.74, 6) is -1.57. The zero-order valence-electron chi connectivity index (χ0n) is 16.2. The van der Waals surface area contributed by atoms with E-state index in [4.69, 9.17) is 27.9 Å². The number of benzene rings is 2. The standard InChI is InChI=1S/C24H24Cl2O3/c25-17-10-6-15(7-11-17)20-14-21(27)23(22(20)16-8-12-18(26)13-9-16)24(28)29-19-4-2-1-3-5-19/h6-13,19-20,22-23H,1-5,14H2. The summed E-state index contributed by atoms with van der Waals surface area (Å²) in [7, 11) is 0. The third kappa shape index (κ3) is 4.51. The number of hydrogen-bond acceptors (Lipinski definition) is 3. The van der Waals surface area contributed by atoms with Gasteiger partial charge in [0, 0.05) is 22.4 Å². The molecule has 3 nitrogen and oxygen atoms in total. The molecule has 0 aromatic heterocycles. The van der Waals surface area contributed by atoms with Crippen molar-refractivity contribution in [2.45, 2.75) is 56.5 Å². The molecule has 0 saturated heterocycles. The van der Waals surface area contributed by atoms with E-state index in [0.29, 0.717) is 16.5 Å². The molecule has 0 radical (unpaired) electrons. The van der Waals surface area contributed by atoms with Gasteiger partial charge in [-0.05, 0) is 67.0 Å². The Kier molecular flexibility index (Phi) is 6.26. The van der Waals surface area contributed by atoms with Crippen LogP contribution in [0.2, 0.25) is 10.0 Å². The van der Waals surface area contributed by atoms with Gasteiger partial charge in [0.1, 0.15) is 17.8 Å². The second-order valence-electron chi connectivity index (χ2n) is 8.08. The van der Waals surface area contributed by atoms with E-state index in [2.05, 4.69) is 0 Å². The molecule has 0 amide bonds. The number of carbonyl (C=O) groups is 2. The molecule has 2 fully saturated rings. The largest absolute Gasteiger partial charge is 0.462 e. The zero-order valence-corrected chi connectivity index (χ0v) is 17.7. The molecule has 0 spiro atoms. The molecule has 3 atom stereocenters. The number of esters is 1. The number of halogens is 2. The van der Waals surface area contributed by atoms with Crippen molar-refractivity contribution in [2.75, 3.05) is 0 Å². The molecule has 4 rings (SSSR count). The summed E-state index contributed by atoms with van der Waals surface area (Å²) in [6.45, 7) is 0. The van der Waals surface area contributed by atoms with Crippen LogP contribution in [-0.4, -0.2) is 17.9 Å². The summed E-state index contributed by atoms with van der Waals surface area (Å²) in [5.41, 5.74) is 1.95. The molecule has 2 saturated carbocycles. The summed E-state index contributed by atoms with van der Waals surface area (Å²) < 4.78 is 5.82. The van der Waals surface area contributed by atoms with E-state index in [0.717, 1.165) is 36.8 Å². The van der Waals surface area contributed by atoms with E-state index in [1.54, 1.807) is 0 Å². The van der Waals surface area contributed by atoms with Crippen LogP contribution in [0.1, 0.15) is 61.5 Å². The van der Waals surface area contributed by atoms with Gasteiger partial charge in [-0.25, -0.2) is 0 Å². The highest BCUT2D eigenvalue weighted by atomic mass is 35.5. The first-order valence-corrected chi connectivity index (χ1v) is 11.0. The highest BCUT2D eigenvalue weighted by Gasteiger charge is 2.49. The molecule has 0 N–H and O–H groups in total. The summed E-state index contributed by atoms with van der Waals surface area (Å²) in [6.07, 6.45) is 5.36. The molecule has 5 heteroatoms. The lowest BCUT2D eigenvalue weighted by molar-refractivity contribution is -0.157. The predicted molar refractivity (Wildman–Crippen MR) is 114 cm³/mol. The summed E-state index contributed by atoms with van der Waals surface area (Å²) in [4.78, 5) is 26.1. The van der Waals surface area contributed by atoms with Crippen LogP contribution in [0.4, 0.5) is 0 Å². The molecule has 2 aromatic rings. The quantitative estimate of drug-likeness (QED) is 0.420. The van der Waals surface area contributed by atoms with Gasteiger partial charge in [0.05, 0.1) is 0 Å². The van der Waals surface area contributed by atoms with Crippen LogP contribution in [0.25, 0.3) is 0 Å². The SMILES string of the molecule is O=C1CC(c2ccc(Cl)cc2)C(c2ccc(Cl)cc2)C1C(=O)OC1CCCCC1. The summed E-state index contributed by atoms with van der Waals surface area (Å²) in [5, 5.41) is 1.27. The average molecular weight is 431 g/mol. The zero-order chi connectivity index (χ0) is 20.4. The molecule has 0 bridgehead atoms. The Hall–Kier alpha value is -1.84. The van der Waals surface area contributed by atoms with E-state index < -0.39 is 5.92 Å². The first kappa shape index (κ1) is 20.4. The van der Waals surface area contributed by atoms with Crippen LogP contribution in [0.3, 0.4) is 0 Å². The summed E-state index contributed by atoms with van der Waals surface area (Å²) >= 11 is 12.1. The first-order chi connectivity index (χ1) is 14.0. The molecule has 0 heterocycles. The minimum atomic E-state index is -0.779. The molecule has 2 aliphatic rings. The van der Waals surface area contributed by atoms with E-state index in [1.807, 2.05) is 48.5 Å². The Labute approximate surface area is 181 Å². The maximum absolute atomic E-state index is 13.1. The van der Waals surface area contributed by atoms with Gasteiger partial charge in [-0.2, -0.15) is 0 Å². The maximum atomic E-state index is 13.1. The van der Waals surface area contributed by atoms with Gasteiger partial charge in [-0.3, -0.25) is 9.59 Å². The molecule has 0 aliphatic heterocycles. The number of hydrogen-bond donors (Lipinski definition) is 0. The lowest BCUT2D eigenvalue weighted by atomic mass is 9.80. The molecular formula is C24H24Cl2O3. The Morgan fingerprint density at radius 1 is 0.828 bits per heavy atom. The van der Waals surface area contributed by atoms with Gasteiger partial charge < -0.3 is 4.74 Å². The fourth-order valence-electron chi connectivity index (χ4n) is 4.75. The van der Waals surface area contributed by atoms with Crippen LogP contribution in [0.15, 0.2) is 48.5 Å². The van der Waals surface area contributed by atoms with Crippen molar-refractivity contribution < 1.29 is 14.3 Å². The number of ketones is 1. The third-order valence-electron chi connectivity index (χ3n) is 6.20. The van der Waals surface area contributed by atoms with Crippen LogP contribution >= 0.6 is 23.2 Å². The van der Waals surface area contributed by atoms with Gasteiger partial charge in [0.25, 0.3) is 0 Å². The highest BCUT2D eigenvalue weighted by Crippen LogP contribution is 2.49. The van der Waals surface area contributed by atoms with Crippen molar-refractivity contribution in [3.05, 3.63) is 69.7 Å². The van der Waals surface area contributed by atoms with Gasteiger partial charge in [-0.1, -0.05) is 53.9 Å². The van der Waals surface area contributed by atoms with E-state index in [1.165, 1.54) is 6.42 Å². The monoisotopic (exact) mass is 430 g/mol. The lowest BCUT2D eigenvalue weighted by Crippen LogP contribution is -2.31. The van der Waals surface area contributed by atoms with Crippen molar-refractivity contribution >= 4 is 35.0 Å². The number of ether oxygens (including phenoxy) is 1. The molecule has 3 unspecified atom stereocenters. The van der Waals surface area contributed by atoms with Crippen molar-refractivity contribution in [1.82, 2.24) is 0 Å². The molecule has 2 aromatic carbocycles. The number of rotatable bonds is 4. The smallest absolute Gasteiger partial charge is 0.317 e. The van der Waals surface area contributed by atoms with E-state index in [9.17, 15) is 9.59 Å². The van der Waals surface area contributed by atoms with Crippen molar-refractivity contribution in [3.63, 3.8) is 0 Å². The van der Waals surface area contributed by atoms with Crippen molar-refractivity contribution in [1.29, 1.82) is 0 Å². The minimum Gasteiger partial charge on any atom is -0.462 e. The van der Waals surface area contributed by atoms with Gasteiger partial charge in [-0.15, -0.1) is 0 Å². The topological polar surface area (TPSA) is 43.4 Å². The van der Waals surface area contributed by atoms with Crippen LogP contribution in [0, 0.1) is 5.92 Å². The van der Waals surface area contributed by atoms with Gasteiger partial charge in [0.15, 0.2) is 0 Å². The number of Topliss-reactive ketones (excluding diaryl/α,β-unsaturated/α-hetero) is 1. The maximum Gasteiger partial charge on any atom is 0.317 e. The average Bonchev–Trinajstić information content (AvgIpc) is 3.07. The predicted octanol–water partition coefficient (Wildman–Crippen LogP) is 6.33. The second-order valence-corrected chi connectivity index (χ2v) is 8.95. The lowest BCUT2D eigenvalue weighted by Gasteiger charge is -2.27. The third-order valence-corrected chi connectivity index (χ3v) is 6.71. The molecule has 152 valence electrons. The van der Waals surface area contributed by atoms with Gasteiger partial charge in [0.2, 0.25) is 0 Å². The van der Waals surface area contributed by atoms with E-state index in [-0.39, 0.29) is 29.7 Å². The Bertz CT molecular complexity index is 870. The van der Waals surface area contributed by atoms with E-state index >= 15 is 0 Å². The van der Waals surface area contributed by atoms with Crippen LogP contribution < -0.4 is 0 Å². The summed E-state index contributed by atoms with van der Waals surface area (Å²) in [6, 6.07) is 15.0. The minimum absolute atomic E-state index is 0.0503. The van der Waals surface area contributed by atoms with Crippen LogP contribution in [0.5, 0.6) is 0 Å². The van der Waals surface area contributed by atoms with Crippen molar-refractivity contribution in [3.8, 4) is 0 Å². The highest BCUT2D eigenvalue weighted by molar-refractivity contribution is 6.30.